The minimum atomic E-state index is 0.398. The van der Waals surface area contributed by atoms with Gasteiger partial charge in [-0.15, -0.1) is 0 Å². The van der Waals surface area contributed by atoms with E-state index in [0.717, 1.165) is 18.7 Å². The van der Waals surface area contributed by atoms with Gasteiger partial charge in [0.05, 0.1) is 5.76 Å². The van der Waals surface area contributed by atoms with E-state index >= 15 is 0 Å². The molecule has 2 heteroatoms. The normalized spacial score (nSPS) is 24.8. The highest BCUT2D eigenvalue weighted by molar-refractivity contribution is 4.98. The Balaban J connectivity index is 2.23. The quantitative estimate of drug-likeness (QED) is 0.573. The molecular formula is C8H15NO. The molecule has 1 aliphatic heterocycles. The fourth-order valence-corrected chi connectivity index (χ4v) is 1.18. The molecule has 0 aromatic rings. The first kappa shape index (κ1) is 7.61. The maximum Gasteiger partial charge on any atom is 0.114 e. The monoisotopic (exact) mass is 141 g/mol. The maximum atomic E-state index is 5.49. The first-order valence-electron chi connectivity index (χ1n) is 3.66. The van der Waals surface area contributed by atoms with E-state index in [1.54, 1.807) is 0 Å². The van der Waals surface area contributed by atoms with Crippen molar-refractivity contribution in [2.24, 2.45) is 0 Å². The van der Waals surface area contributed by atoms with Gasteiger partial charge < -0.3 is 9.64 Å². The number of hydrogen-bond donors (Lipinski definition) is 0. The SMILES string of the molecule is CC1=CCC(CN(C)C)O1. The lowest BCUT2D eigenvalue weighted by Gasteiger charge is -2.16. The van der Waals surface area contributed by atoms with Crippen molar-refractivity contribution in [1.82, 2.24) is 4.90 Å². The molecule has 1 aliphatic rings. The molecule has 1 rings (SSSR count). The third-order valence-electron chi connectivity index (χ3n) is 1.59. The van der Waals surface area contributed by atoms with Crippen LogP contribution in [0.4, 0.5) is 0 Å². The van der Waals surface area contributed by atoms with Crippen molar-refractivity contribution >= 4 is 0 Å². The molecule has 0 saturated heterocycles. The van der Waals surface area contributed by atoms with Crippen molar-refractivity contribution in [3.63, 3.8) is 0 Å². The third kappa shape index (κ3) is 2.03. The molecule has 0 aliphatic carbocycles. The summed E-state index contributed by atoms with van der Waals surface area (Å²) in [6.07, 6.45) is 3.62. The van der Waals surface area contributed by atoms with Gasteiger partial charge in [-0.25, -0.2) is 0 Å². The second-order valence-corrected chi connectivity index (χ2v) is 3.05. The van der Waals surface area contributed by atoms with Crippen molar-refractivity contribution in [3.8, 4) is 0 Å². The average molecular weight is 141 g/mol. The summed E-state index contributed by atoms with van der Waals surface area (Å²) in [5.41, 5.74) is 0. The largest absolute Gasteiger partial charge is 0.494 e. The summed E-state index contributed by atoms with van der Waals surface area (Å²) in [5.74, 6) is 1.08. The average Bonchev–Trinajstić information content (AvgIpc) is 2.13. The molecule has 0 N–H and O–H groups in total. The van der Waals surface area contributed by atoms with Crippen LogP contribution in [0.15, 0.2) is 11.8 Å². The van der Waals surface area contributed by atoms with Gasteiger partial charge in [0.1, 0.15) is 6.10 Å². The number of ether oxygens (including phenoxy) is 1. The Hall–Kier alpha value is -0.500. The van der Waals surface area contributed by atoms with Gasteiger partial charge in [-0.05, 0) is 27.1 Å². The zero-order valence-corrected chi connectivity index (χ0v) is 6.92. The first-order valence-corrected chi connectivity index (χ1v) is 3.66. The van der Waals surface area contributed by atoms with Crippen LogP contribution in [-0.4, -0.2) is 31.6 Å². The van der Waals surface area contributed by atoms with Gasteiger partial charge in [-0.3, -0.25) is 0 Å². The summed E-state index contributed by atoms with van der Waals surface area (Å²) < 4.78 is 5.49. The molecule has 58 valence electrons. The van der Waals surface area contributed by atoms with Crippen LogP contribution in [0.5, 0.6) is 0 Å². The van der Waals surface area contributed by atoms with Gasteiger partial charge in [0.15, 0.2) is 0 Å². The molecule has 0 saturated carbocycles. The zero-order valence-electron chi connectivity index (χ0n) is 6.92. The summed E-state index contributed by atoms with van der Waals surface area (Å²) in [7, 11) is 4.13. The van der Waals surface area contributed by atoms with Crippen LogP contribution in [0.25, 0.3) is 0 Å². The molecule has 0 aromatic heterocycles. The second-order valence-electron chi connectivity index (χ2n) is 3.05. The van der Waals surface area contributed by atoms with Crippen LogP contribution >= 0.6 is 0 Å². The van der Waals surface area contributed by atoms with E-state index in [2.05, 4.69) is 25.1 Å². The van der Waals surface area contributed by atoms with Gasteiger partial charge in [0, 0.05) is 13.0 Å². The van der Waals surface area contributed by atoms with E-state index < -0.39 is 0 Å². The summed E-state index contributed by atoms with van der Waals surface area (Å²) in [6.45, 7) is 3.03. The van der Waals surface area contributed by atoms with Crippen LogP contribution in [-0.2, 0) is 4.74 Å². The van der Waals surface area contributed by atoms with Gasteiger partial charge in [-0.2, -0.15) is 0 Å². The highest BCUT2D eigenvalue weighted by atomic mass is 16.5. The summed E-state index contributed by atoms with van der Waals surface area (Å²) in [5, 5.41) is 0. The fourth-order valence-electron chi connectivity index (χ4n) is 1.18. The maximum absolute atomic E-state index is 5.49. The Kier molecular flexibility index (Phi) is 2.33. The minimum absolute atomic E-state index is 0.398. The molecule has 0 spiro atoms. The summed E-state index contributed by atoms with van der Waals surface area (Å²) in [4.78, 5) is 2.15. The molecule has 1 unspecified atom stereocenters. The van der Waals surface area contributed by atoms with Gasteiger partial charge >= 0.3 is 0 Å². The van der Waals surface area contributed by atoms with Crippen molar-refractivity contribution in [2.45, 2.75) is 19.4 Å². The van der Waals surface area contributed by atoms with Crippen molar-refractivity contribution < 1.29 is 4.74 Å². The molecule has 2 nitrogen and oxygen atoms in total. The van der Waals surface area contributed by atoms with Crippen LogP contribution in [0, 0.1) is 0 Å². The van der Waals surface area contributed by atoms with Crippen molar-refractivity contribution in [1.29, 1.82) is 0 Å². The van der Waals surface area contributed by atoms with Crippen LogP contribution in [0.1, 0.15) is 13.3 Å². The van der Waals surface area contributed by atoms with Crippen LogP contribution in [0.2, 0.25) is 0 Å². The zero-order chi connectivity index (χ0) is 7.56. The molecule has 1 heterocycles. The van der Waals surface area contributed by atoms with Gasteiger partial charge in [0.2, 0.25) is 0 Å². The molecule has 1 atom stereocenters. The molecular weight excluding hydrogens is 126 g/mol. The Morgan fingerprint density at radius 3 is 2.80 bits per heavy atom. The van der Waals surface area contributed by atoms with Crippen molar-refractivity contribution in [3.05, 3.63) is 11.8 Å². The highest BCUT2D eigenvalue weighted by Gasteiger charge is 2.15. The standard InChI is InChI=1S/C8H15NO/c1-7-4-5-8(10-7)6-9(2)3/h4,8H,5-6H2,1-3H3. The van der Waals surface area contributed by atoms with E-state index in [0.29, 0.717) is 6.10 Å². The number of likely N-dealkylation sites (N-methyl/N-ethyl adjacent to an activating group) is 1. The lowest BCUT2D eigenvalue weighted by atomic mass is 10.2. The summed E-state index contributed by atoms with van der Waals surface area (Å²) in [6, 6.07) is 0. The third-order valence-corrected chi connectivity index (χ3v) is 1.59. The lowest BCUT2D eigenvalue weighted by molar-refractivity contribution is 0.115. The topological polar surface area (TPSA) is 12.5 Å². The van der Waals surface area contributed by atoms with Crippen molar-refractivity contribution in [2.75, 3.05) is 20.6 Å². The number of allylic oxidation sites excluding steroid dienone is 1. The Morgan fingerprint density at radius 1 is 1.70 bits per heavy atom. The predicted molar refractivity (Wildman–Crippen MR) is 41.8 cm³/mol. The molecule has 0 fully saturated rings. The fraction of sp³-hybridized carbons (Fsp3) is 0.750. The van der Waals surface area contributed by atoms with Crippen LogP contribution < -0.4 is 0 Å². The molecule has 0 aromatic carbocycles. The predicted octanol–water partition coefficient (Wildman–Crippen LogP) is 1.24. The lowest BCUT2D eigenvalue weighted by Crippen LogP contribution is -2.25. The van der Waals surface area contributed by atoms with E-state index in [4.69, 9.17) is 4.74 Å². The molecule has 0 radical (unpaired) electrons. The van der Waals surface area contributed by atoms with E-state index in [1.165, 1.54) is 0 Å². The van der Waals surface area contributed by atoms with Gasteiger partial charge in [0.25, 0.3) is 0 Å². The Bertz CT molecular complexity index is 140. The number of hydrogen-bond acceptors (Lipinski definition) is 2. The smallest absolute Gasteiger partial charge is 0.114 e. The molecule has 0 bridgehead atoms. The van der Waals surface area contributed by atoms with E-state index in [9.17, 15) is 0 Å². The van der Waals surface area contributed by atoms with Gasteiger partial charge in [-0.1, -0.05) is 0 Å². The number of nitrogens with zero attached hydrogens (tertiary/aromatic N) is 1. The number of rotatable bonds is 2. The molecule has 10 heavy (non-hydrogen) atoms. The minimum Gasteiger partial charge on any atom is -0.494 e. The molecule has 0 amide bonds. The van der Waals surface area contributed by atoms with E-state index in [-0.39, 0.29) is 0 Å². The second kappa shape index (κ2) is 3.06. The summed E-state index contributed by atoms with van der Waals surface area (Å²) >= 11 is 0. The Labute approximate surface area is 62.5 Å². The highest BCUT2D eigenvalue weighted by Crippen LogP contribution is 2.15. The Morgan fingerprint density at radius 2 is 2.40 bits per heavy atom. The van der Waals surface area contributed by atoms with E-state index in [1.807, 2.05) is 6.92 Å². The van der Waals surface area contributed by atoms with Crippen LogP contribution in [0.3, 0.4) is 0 Å². The first-order chi connectivity index (χ1) is 4.68.